The lowest BCUT2D eigenvalue weighted by molar-refractivity contribution is 0.321. The summed E-state index contributed by atoms with van der Waals surface area (Å²) in [4.78, 5) is 0. The molecule has 0 saturated carbocycles. The van der Waals surface area contributed by atoms with Crippen LogP contribution in [0.4, 0.5) is 0 Å². The highest BCUT2D eigenvalue weighted by atomic mass is 14.9. The number of benzene rings is 1. The Morgan fingerprint density at radius 2 is 2.22 bits per heavy atom. The van der Waals surface area contributed by atoms with Crippen molar-refractivity contribution in [2.45, 2.75) is 39.2 Å². The summed E-state index contributed by atoms with van der Waals surface area (Å²) in [6.45, 7) is 6.77. The fraction of sp³-hybridized carbons (Fsp3) is 0.625. The first-order valence-electron chi connectivity index (χ1n) is 7.16. The maximum atomic E-state index is 3.51. The van der Waals surface area contributed by atoms with Crippen molar-refractivity contribution < 1.29 is 0 Å². The number of aryl methyl sites for hydroxylation is 2. The monoisotopic (exact) mass is 246 g/mol. The van der Waals surface area contributed by atoms with Crippen LogP contribution in [0.3, 0.4) is 0 Å². The summed E-state index contributed by atoms with van der Waals surface area (Å²) in [6.07, 6.45) is 3.94. The van der Waals surface area contributed by atoms with E-state index in [1.807, 2.05) is 0 Å². The van der Waals surface area contributed by atoms with Crippen molar-refractivity contribution in [2.24, 2.45) is 5.92 Å². The van der Waals surface area contributed by atoms with Crippen LogP contribution in [0.5, 0.6) is 0 Å². The second-order valence-corrected chi connectivity index (χ2v) is 5.65. The third-order valence-electron chi connectivity index (χ3n) is 4.12. The van der Waals surface area contributed by atoms with Crippen molar-refractivity contribution in [3.05, 3.63) is 34.9 Å². The van der Waals surface area contributed by atoms with Gasteiger partial charge in [0, 0.05) is 6.04 Å². The minimum absolute atomic E-state index is 0.496. The second kappa shape index (κ2) is 6.35. The summed E-state index contributed by atoms with van der Waals surface area (Å²) in [5.41, 5.74) is 4.23. The van der Waals surface area contributed by atoms with Gasteiger partial charge in [0.2, 0.25) is 0 Å². The van der Waals surface area contributed by atoms with E-state index in [0.717, 1.165) is 5.92 Å². The van der Waals surface area contributed by atoms with Gasteiger partial charge in [-0.25, -0.2) is 0 Å². The molecule has 1 saturated heterocycles. The van der Waals surface area contributed by atoms with E-state index in [1.165, 1.54) is 49.0 Å². The Morgan fingerprint density at radius 1 is 1.39 bits per heavy atom. The lowest BCUT2D eigenvalue weighted by atomic mass is 9.88. The van der Waals surface area contributed by atoms with E-state index in [9.17, 15) is 0 Å². The maximum absolute atomic E-state index is 3.51. The van der Waals surface area contributed by atoms with Crippen molar-refractivity contribution in [1.29, 1.82) is 0 Å². The van der Waals surface area contributed by atoms with Gasteiger partial charge in [-0.3, -0.25) is 0 Å². The third-order valence-corrected chi connectivity index (χ3v) is 4.12. The van der Waals surface area contributed by atoms with Gasteiger partial charge in [-0.15, -0.1) is 0 Å². The average molecular weight is 246 g/mol. The Balaban J connectivity index is 2.07. The molecule has 100 valence electrons. The van der Waals surface area contributed by atoms with E-state index in [-0.39, 0.29) is 0 Å². The Labute approximate surface area is 111 Å². The molecule has 2 nitrogen and oxygen atoms in total. The summed E-state index contributed by atoms with van der Waals surface area (Å²) < 4.78 is 0. The van der Waals surface area contributed by atoms with Gasteiger partial charge in [0.15, 0.2) is 0 Å². The predicted molar refractivity (Wildman–Crippen MR) is 77.9 cm³/mol. The second-order valence-electron chi connectivity index (χ2n) is 5.65. The van der Waals surface area contributed by atoms with E-state index in [0.29, 0.717) is 6.04 Å². The fourth-order valence-electron chi connectivity index (χ4n) is 3.08. The Bertz CT molecular complexity index is 381. The molecule has 0 aliphatic carbocycles. The molecule has 18 heavy (non-hydrogen) atoms. The predicted octanol–water partition coefficient (Wildman–Crippen LogP) is 2.95. The molecule has 0 aromatic heterocycles. The SMILES string of the molecule is CNC(CC1CCCNC1)c1ccc(C)cc1C. The largest absolute Gasteiger partial charge is 0.316 e. The molecule has 2 heteroatoms. The van der Waals surface area contributed by atoms with E-state index in [4.69, 9.17) is 0 Å². The minimum Gasteiger partial charge on any atom is -0.316 e. The van der Waals surface area contributed by atoms with Gasteiger partial charge in [0.05, 0.1) is 0 Å². The molecule has 1 fully saturated rings. The molecule has 1 aliphatic rings. The maximum Gasteiger partial charge on any atom is 0.0323 e. The van der Waals surface area contributed by atoms with Gasteiger partial charge in [0.1, 0.15) is 0 Å². The minimum atomic E-state index is 0.496. The molecule has 0 amide bonds. The van der Waals surface area contributed by atoms with E-state index in [2.05, 4.69) is 49.7 Å². The van der Waals surface area contributed by atoms with Gasteiger partial charge >= 0.3 is 0 Å². The topological polar surface area (TPSA) is 24.1 Å². The first-order valence-corrected chi connectivity index (χ1v) is 7.16. The molecule has 2 unspecified atom stereocenters. The van der Waals surface area contributed by atoms with Gasteiger partial charge in [-0.1, -0.05) is 23.8 Å². The number of nitrogens with one attached hydrogen (secondary N) is 2. The van der Waals surface area contributed by atoms with E-state index >= 15 is 0 Å². The lowest BCUT2D eigenvalue weighted by Crippen LogP contribution is -2.32. The van der Waals surface area contributed by atoms with Crippen molar-refractivity contribution in [3.63, 3.8) is 0 Å². The van der Waals surface area contributed by atoms with Crippen molar-refractivity contribution >= 4 is 0 Å². The quantitative estimate of drug-likeness (QED) is 0.853. The summed E-state index contributed by atoms with van der Waals surface area (Å²) in [6, 6.07) is 7.31. The average Bonchev–Trinajstić information content (AvgIpc) is 2.38. The van der Waals surface area contributed by atoms with Crippen molar-refractivity contribution in [1.82, 2.24) is 10.6 Å². The van der Waals surface area contributed by atoms with Crippen molar-refractivity contribution in [2.75, 3.05) is 20.1 Å². The first-order chi connectivity index (χ1) is 8.70. The highest BCUT2D eigenvalue weighted by molar-refractivity contribution is 5.32. The van der Waals surface area contributed by atoms with Gasteiger partial charge in [-0.05, 0) is 70.3 Å². The van der Waals surface area contributed by atoms with Gasteiger partial charge in [0.25, 0.3) is 0 Å². The molecule has 2 N–H and O–H groups in total. The van der Waals surface area contributed by atoms with Crippen LogP contribution < -0.4 is 10.6 Å². The number of rotatable bonds is 4. The molecule has 1 aliphatic heterocycles. The summed E-state index contributed by atoms with van der Waals surface area (Å²) in [5, 5.41) is 7.01. The highest BCUT2D eigenvalue weighted by Gasteiger charge is 2.19. The van der Waals surface area contributed by atoms with Gasteiger partial charge in [-0.2, -0.15) is 0 Å². The van der Waals surface area contributed by atoms with Crippen LogP contribution in [0.15, 0.2) is 18.2 Å². The Hall–Kier alpha value is -0.860. The lowest BCUT2D eigenvalue weighted by Gasteiger charge is -2.28. The Kier molecular flexibility index (Phi) is 4.79. The molecular weight excluding hydrogens is 220 g/mol. The van der Waals surface area contributed by atoms with Crippen LogP contribution in [0.2, 0.25) is 0 Å². The molecule has 1 aromatic carbocycles. The highest BCUT2D eigenvalue weighted by Crippen LogP contribution is 2.27. The van der Waals surface area contributed by atoms with Crippen LogP contribution in [-0.2, 0) is 0 Å². The molecule has 2 atom stereocenters. The fourth-order valence-corrected chi connectivity index (χ4v) is 3.08. The molecule has 2 rings (SSSR count). The molecule has 0 bridgehead atoms. The van der Waals surface area contributed by atoms with Crippen LogP contribution in [0, 0.1) is 19.8 Å². The van der Waals surface area contributed by atoms with E-state index < -0.39 is 0 Å². The summed E-state index contributed by atoms with van der Waals surface area (Å²) in [7, 11) is 2.08. The number of hydrogen-bond acceptors (Lipinski definition) is 2. The van der Waals surface area contributed by atoms with Crippen molar-refractivity contribution in [3.8, 4) is 0 Å². The zero-order valence-electron chi connectivity index (χ0n) is 11.9. The smallest absolute Gasteiger partial charge is 0.0323 e. The third kappa shape index (κ3) is 3.33. The summed E-state index contributed by atoms with van der Waals surface area (Å²) in [5.74, 6) is 0.817. The summed E-state index contributed by atoms with van der Waals surface area (Å²) >= 11 is 0. The zero-order chi connectivity index (χ0) is 13.0. The molecule has 0 radical (unpaired) electrons. The van der Waals surface area contributed by atoms with Gasteiger partial charge < -0.3 is 10.6 Å². The van der Waals surface area contributed by atoms with Crippen LogP contribution in [0.25, 0.3) is 0 Å². The zero-order valence-corrected chi connectivity index (χ0v) is 11.9. The van der Waals surface area contributed by atoms with E-state index in [1.54, 1.807) is 0 Å². The first kappa shape index (κ1) is 13.6. The molecule has 0 spiro atoms. The standard InChI is InChI=1S/C16H26N2/c1-12-6-7-15(13(2)9-12)16(17-3)10-14-5-4-8-18-11-14/h6-7,9,14,16-18H,4-5,8,10-11H2,1-3H3. The molecular formula is C16H26N2. The van der Waals surface area contributed by atoms with Crippen LogP contribution in [-0.4, -0.2) is 20.1 Å². The number of piperidine rings is 1. The number of hydrogen-bond donors (Lipinski definition) is 2. The normalized spacial score (nSPS) is 21.8. The van der Waals surface area contributed by atoms with Crippen LogP contribution >= 0.6 is 0 Å². The Morgan fingerprint density at radius 3 is 2.83 bits per heavy atom. The molecule has 1 aromatic rings. The molecule has 1 heterocycles. The van der Waals surface area contributed by atoms with Crippen LogP contribution in [0.1, 0.15) is 42.0 Å².